The van der Waals surface area contributed by atoms with Crippen molar-refractivity contribution in [3.8, 4) is 0 Å². The first-order chi connectivity index (χ1) is 19.5. The number of carbonyl (C=O) groups is 2. The Bertz CT molecular complexity index is 1450. The average Bonchev–Trinajstić information content (AvgIpc) is 3.20. The van der Waals surface area contributed by atoms with E-state index >= 15 is 0 Å². The molecule has 1 heterocycles. The summed E-state index contributed by atoms with van der Waals surface area (Å²) >= 11 is 19.3. The summed E-state index contributed by atoms with van der Waals surface area (Å²) in [5.41, 5.74) is 2.74. The summed E-state index contributed by atoms with van der Waals surface area (Å²) in [7, 11) is 0. The third-order valence-electron chi connectivity index (χ3n) is 7.59. The van der Waals surface area contributed by atoms with Crippen molar-refractivity contribution in [1.82, 2.24) is 4.90 Å². The smallest absolute Gasteiger partial charge is 0.417 e. The highest BCUT2D eigenvalue weighted by Gasteiger charge is 2.54. The van der Waals surface area contributed by atoms with Gasteiger partial charge in [-0.2, -0.15) is 0 Å². The van der Waals surface area contributed by atoms with Crippen LogP contribution in [0, 0.1) is 5.92 Å². The van der Waals surface area contributed by atoms with E-state index in [-0.39, 0.29) is 30.3 Å². The fourth-order valence-electron chi connectivity index (χ4n) is 5.93. The molecule has 8 heteroatoms. The van der Waals surface area contributed by atoms with Crippen LogP contribution in [0.2, 0.25) is 15.1 Å². The lowest BCUT2D eigenvalue weighted by atomic mass is 9.65. The molecule has 3 aromatic carbocycles. The van der Waals surface area contributed by atoms with Crippen LogP contribution in [0.25, 0.3) is 0 Å². The monoisotopic (exact) mass is 611 g/mol. The van der Waals surface area contributed by atoms with Gasteiger partial charge in [0.2, 0.25) is 0 Å². The van der Waals surface area contributed by atoms with Gasteiger partial charge in [0.05, 0.1) is 19.3 Å². The molecule has 0 spiro atoms. The van der Waals surface area contributed by atoms with Crippen LogP contribution in [-0.4, -0.2) is 35.2 Å². The van der Waals surface area contributed by atoms with Gasteiger partial charge in [0, 0.05) is 32.5 Å². The molecule has 0 bridgehead atoms. The summed E-state index contributed by atoms with van der Waals surface area (Å²) < 4.78 is 11.9. The molecular formula is C33H32Cl3NO4. The van der Waals surface area contributed by atoms with E-state index in [2.05, 4.69) is 0 Å². The second kappa shape index (κ2) is 12.2. The molecule has 0 unspecified atom stereocenters. The van der Waals surface area contributed by atoms with Gasteiger partial charge in [-0.25, -0.2) is 9.69 Å². The number of nitrogens with zero attached hydrogens (tertiary/aromatic N) is 1. The fraction of sp³-hybridized carbons (Fsp3) is 0.333. The Hall–Kier alpha value is -2.83. The van der Waals surface area contributed by atoms with Gasteiger partial charge in [-0.1, -0.05) is 89.4 Å². The molecule has 1 fully saturated rings. The molecule has 2 amide bonds. The van der Waals surface area contributed by atoms with Crippen LogP contribution in [0.15, 0.2) is 84.4 Å². The van der Waals surface area contributed by atoms with E-state index in [1.165, 1.54) is 4.90 Å². The number of rotatable bonds is 6. The number of imide groups is 1. The number of ether oxygens (including phenoxy) is 2. The highest BCUT2D eigenvalue weighted by Crippen LogP contribution is 2.54. The van der Waals surface area contributed by atoms with Crippen molar-refractivity contribution in [3.05, 3.63) is 116 Å². The standard InChI is InChI=1S/C33H32Cl3NO4/c1-33(2,3)41-32(39)37-28(19-40-18-20-7-5-4-6-8-20)30-26(31(37)38)16-15-25(24-14-13-23(35)17-27(24)36)29(30)21-9-11-22(34)12-10-21/h4-14,16-17,25,28-30H,15,18-19H2,1-3H3/t25-,28+,29-,30-/m0/s1. The topological polar surface area (TPSA) is 55.8 Å². The lowest BCUT2D eigenvalue weighted by Gasteiger charge is -2.39. The third-order valence-corrected chi connectivity index (χ3v) is 8.40. The number of benzene rings is 3. The highest BCUT2D eigenvalue weighted by atomic mass is 35.5. The Morgan fingerprint density at radius 2 is 1.61 bits per heavy atom. The number of hydrogen-bond donors (Lipinski definition) is 0. The van der Waals surface area contributed by atoms with Crippen LogP contribution in [0.4, 0.5) is 4.79 Å². The molecule has 1 aliphatic carbocycles. The van der Waals surface area contributed by atoms with Crippen LogP contribution >= 0.6 is 34.8 Å². The number of halogens is 3. The van der Waals surface area contributed by atoms with E-state index < -0.39 is 17.7 Å². The minimum absolute atomic E-state index is 0.0855. The van der Waals surface area contributed by atoms with Gasteiger partial charge in [-0.05, 0) is 74.1 Å². The van der Waals surface area contributed by atoms with Crippen LogP contribution in [-0.2, 0) is 20.9 Å². The van der Waals surface area contributed by atoms with Crippen LogP contribution in [0.3, 0.4) is 0 Å². The summed E-state index contributed by atoms with van der Waals surface area (Å²) in [6.45, 7) is 5.85. The van der Waals surface area contributed by atoms with Crippen molar-refractivity contribution in [1.29, 1.82) is 0 Å². The zero-order valence-corrected chi connectivity index (χ0v) is 25.4. The quantitative estimate of drug-likeness (QED) is 0.279. The van der Waals surface area contributed by atoms with E-state index in [1.807, 2.05) is 72.8 Å². The maximum absolute atomic E-state index is 13.9. The first-order valence-electron chi connectivity index (χ1n) is 13.6. The molecule has 41 heavy (non-hydrogen) atoms. The maximum Gasteiger partial charge on any atom is 0.417 e. The van der Waals surface area contributed by atoms with E-state index in [0.717, 1.165) is 16.7 Å². The normalized spacial score (nSPS) is 22.3. The minimum Gasteiger partial charge on any atom is -0.443 e. The van der Waals surface area contributed by atoms with E-state index in [1.54, 1.807) is 26.8 Å². The molecule has 1 saturated heterocycles. The summed E-state index contributed by atoms with van der Waals surface area (Å²) in [6.07, 6.45) is 1.83. The Kier molecular flexibility index (Phi) is 8.81. The van der Waals surface area contributed by atoms with E-state index in [9.17, 15) is 9.59 Å². The van der Waals surface area contributed by atoms with Crippen molar-refractivity contribution in [3.63, 3.8) is 0 Å². The molecule has 5 nitrogen and oxygen atoms in total. The largest absolute Gasteiger partial charge is 0.443 e. The van der Waals surface area contributed by atoms with Crippen LogP contribution < -0.4 is 0 Å². The molecule has 5 rings (SSSR count). The predicted octanol–water partition coefficient (Wildman–Crippen LogP) is 8.82. The number of hydrogen-bond acceptors (Lipinski definition) is 4. The molecule has 0 aromatic heterocycles. The Labute approximate surface area is 256 Å². The zero-order chi connectivity index (χ0) is 29.3. The summed E-state index contributed by atoms with van der Waals surface area (Å²) in [5, 5.41) is 1.72. The molecule has 0 saturated carbocycles. The number of amides is 2. The molecule has 3 aromatic rings. The van der Waals surface area contributed by atoms with Crippen molar-refractivity contribution in [2.24, 2.45) is 5.92 Å². The molecule has 0 N–H and O–H groups in total. The molecule has 214 valence electrons. The van der Waals surface area contributed by atoms with Gasteiger partial charge in [0.1, 0.15) is 5.60 Å². The van der Waals surface area contributed by atoms with Crippen molar-refractivity contribution < 1.29 is 19.1 Å². The molecule has 2 aliphatic rings. The van der Waals surface area contributed by atoms with Crippen molar-refractivity contribution >= 4 is 46.8 Å². The summed E-state index contributed by atoms with van der Waals surface area (Å²) in [6, 6.07) is 22.4. The second-order valence-electron chi connectivity index (χ2n) is 11.5. The van der Waals surface area contributed by atoms with Gasteiger partial charge < -0.3 is 9.47 Å². The van der Waals surface area contributed by atoms with E-state index in [0.29, 0.717) is 33.7 Å². The van der Waals surface area contributed by atoms with Crippen LogP contribution in [0.1, 0.15) is 55.7 Å². The van der Waals surface area contributed by atoms with Crippen molar-refractivity contribution in [2.75, 3.05) is 6.61 Å². The SMILES string of the molecule is CC(C)(C)OC(=O)N1C(=O)C2=CC[C@@H](c3ccc(Cl)cc3Cl)[C@H](c3ccc(Cl)cc3)[C@@H]2[C@H]1COCc1ccccc1. The second-order valence-corrected chi connectivity index (χ2v) is 12.8. The lowest BCUT2D eigenvalue weighted by molar-refractivity contribution is -0.126. The van der Waals surface area contributed by atoms with Gasteiger partial charge in [-0.3, -0.25) is 4.79 Å². The van der Waals surface area contributed by atoms with E-state index in [4.69, 9.17) is 44.3 Å². The molecular weight excluding hydrogens is 581 g/mol. The zero-order valence-electron chi connectivity index (χ0n) is 23.2. The van der Waals surface area contributed by atoms with Gasteiger partial charge >= 0.3 is 6.09 Å². The Morgan fingerprint density at radius 3 is 2.27 bits per heavy atom. The third kappa shape index (κ3) is 6.49. The van der Waals surface area contributed by atoms with Crippen molar-refractivity contribution in [2.45, 2.75) is 57.3 Å². The Morgan fingerprint density at radius 1 is 0.927 bits per heavy atom. The van der Waals surface area contributed by atoms with Gasteiger partial charge in [0.15, 0.2) is 0 Å². The molecule has 0 radical (unpaired) electrons. The first kappa shape index (κ1) is 29.7. The number of likely N-dealkylation sites (tertiary alicyclic amines) is 1. The number of allylic oxidation sites excluding steroid dienone is 1. The molecule has 1 aliphatic heterocycles. The lowest BCUT2D eigenvalue weighted by Crippen LogP contribution is -2.46. The van der Waals surface area contributed by atoms with Gasteiger partial charge in [0.25, 0.3) is 5.91 Å². The summed E-state index contributed by atoms with van der Waals surface area (Å²) in [5.74, 6) is -1.00. The predicted molar refractivity (Wildman–Crippen MR) is 163 cm³/mol. The number of carbonyl (C=O) groups excluding carboxylic acids is 2. The summed E-state index contributed by atoms with van der Waals surface area (Å²) in [4.78, 5) is 28.7. The highest BCUT2D eigenvalue weighted by molar-refractivity contribution is 6.35. The van der Waals surface area contributed by atoms with Crippen LogP contribution in [0.5, 0.6) is 0 Å². The maximum atomic E-state index is 13.9. The minimum atomic E-state index is -0.774. The molecule has 4 atom stereocenters. The Balaban J connectivity index is 1.58. The number of fused-ring (bicyclic) bond motifs is 1. The first-order valence-corrected chi connectivity index (χ1v) is 14.8. The average molecular weight is 613 g/mol. The van der Waals surface area contributed by atoms with Gasteiger partial charge in [-0.15, -0.1) is 0 Å². The fourth-order valence-corrected chi connectivity index (χ4v) is 6.61.